The molecule has 2 aromatic rings. The molecule has 8 heteroatoms. The summed E-state index contributed by atoms with van der Waals surface area (Å²) in [5.41, 5.74) is 1.66. The zero-order valence-corrected chi connectivity index (χ0v) is 17.0. The molecule has 2 aromatic carbocycles. The lowest BCUT2D eigenvalue weighted by Gasteiger charge is -2.19. The quantitative estimate of drug-likeness (QED) is 0.779. The number of hydrogen-bond donors (Lipinski definition) is 1. The van der Waals surface area contributed by atoms with Crippen LogP contribution >= 0.6 is 0 Å². The molecule has 0 saturated heterocycles. The van der Waals surface area contributed by atoms with Crippen molar-refractivity contribution in [2.45, 2.75) is 37.5 Å². The summed E-state index contributed by atoms with van der Waals surface area (Å²) in [6.07, 6.45) is 0. The maximum Gasteiger partial charge on any atom is 0.262 e. The number of hydrogen-bond acceptors (Lipinski definition) is 4. The highest BCUT2D eigenvalue weighted by Gasteiger charge is 2.23. The fraction of sp³-hybridized carbons (Fsp3) is 0.333. The van der Waals surface area contributed by atoms with Gasteiger partial charge in [0.2, 0.25) is 10.0 Å². The van der Waals surface area contributed by atoms with Crippen LogP contribution in [0.5, 0.6) is 0 Å². The molecule has 0 aliphatic carbocycles. The van der Waals surface area contributed by atoms with E-state index >= 15 is 0 Å². The molecule has 0 radical (unpaired) electrons. The van der Waals surface area contributed by atoms with Crippen molar-refractivity contribution in [3.05, 3.63) is 53.6 Å². The van der Waals surface area contributed by atoms with Gasteiger partial charge in [-0.3, -0.25) is 4.72 Å². The summed E-state index contributed by atoms with van der Waals surface area (Å²) in [6.45, 7) is 7.74. The lowest BCUT2D eigenvalue weighted by Crippen LogP contribution is -2.30. The van der Waals surface area contributed by atoms with Gasteiger partial charge in [-0.05, 0) is 49.2 Å². The zero-order chi connectivity index (χ0) is 19.5. The van der Waals surface area contributed by atoms with Crippen LogP contribution in [0.4, 0.5) is 5.69 Å². The molecule has 0 bridgehead atoms. The van der Waals surface area contributed by atoms with E-state index < -0.39 is 20.0 Å². The van der Waals surface area contributed by atoms with Crippen LogP contribution in [0.3, 0.4) is 0 Å². The molecule has 0 aliphatic rings. The molecule has 0 heterocycles. The summed E-state index contributed by atoms with van der Waals surface area (Å²) in [5.74, 6) is 0. The Morgan fingerprint density at radius 3 is 2.19 bits per heavy atom. The van der Waals surface area contributed by atoms with E-state index in [0.717, 1.165) is 5.56 Å². The Morgan fingerprint density at radius 1 is 0.923 bits per heavy atom. The van der Waals surface area contributed by atoms with Crippen LogP contribution in [0.1, 0.15) is 25.0 Å². The Labute approximate surface area is 156 Å². The number of nitrogens with zero attached hydrogens (tertiary/aromatic N) is 1. The molecular formula is C18H24N2O4S2. The van der Waals surface area contributed by atoms with Crippen molar-refractivity contribution >= 4 is 25.7 Å². The number of anilines is 1. The van der Waals surface area contributed by atoms with Gasteiger partial charge in [-0.15, -0.1) is 0 Å². The van der Waals surface area contributed by atoms with E-state index in [4.69, 9.17) is 0 Å². The van der Waals surface area contributed by atoms with E-state index in [-0.39, 0.29) is 15.5 Å². The highest BCUT2D eigenvalue weighted by atomic mass is 32.2. The molecular weight excluding hydrogens is 372 g/mol. The van der Waals surface area contributed by atoms with Crippen LogP contribution < -0.4 is 4.72 Å². The van der Waals surface area contributed by atoms with Gasteiger partial charge in [0.15, 0.2) is 0 Å². The number of nitrogens with one attached hydrogen (secondary N) is 1. The van der Waals surface area contributed by atoms with Crippen LogP contribution in [0.15, 0.2) is 52.3 Å². The van der Waals surface area contributed by atoms with Crippen molar-refractivity contribution < 1.29 is 16.8 Å². The summed E-state index contributed by atoms with van der Waals surface area (Å²) < 4.78 is 54.5. The van der Waals surface area contributed by atoms with Gasteiger partial charge < -0.3 is 0 Å². The van der Waals surface area contributed by atoms with Crippen molar-refractivity contribution in [2.24, 2.45) is 0 Å². The van der Waals surface area contributed by atoms with Gasteiger partial charge in [0.25, 0.3) is 10.0 Å². The Bertz CT molecular complexity index is 996. The molecule has 0 fully saturated rings. The van der Waals surface area contributed by atoms with Gasteiger partial charge in [-0.2, -0.15) is 4.31 Å². The molecule has 1 N–H and O–H groups in total. The molecule has 6 nitrogen and oxygen atoms in total. The molecule has 0 aliphatic heterocycles. The molecule has 0 saturated carbocycles. The Hall–Kier alpha value is -1.90. The molecule has 0 spiro atoms. The van der Waals surface area contributed by atoms with E-state index in [1.54, 1.807) is 32.9 Å². The number of benzene rings is 2. The SMILES string of the molecule is CCN(CC)S(=O)(=O)c1cccc(NS(=O)(=O)c2cc(C)ccc2C)c1. The van der Waals surface area contributed by atoms with Crippen LogP contribution in [-0.2, 0) is 20.0 Å². The normalized spacial score (nSPS) is 12.3. The first-order chi connectivity index (χ1) is 12.1. The molecule has 2 rings (SSSR count). The first kappa shape index (κ1) is 20.4. The summed E-state index contributed by atoms with van der Waals surface area (Å²) in [5, 5.41) is 0. The summed E-state index contributed by atoms with van der Waals surface area (Å²) >= 11 is 0. The van der Waals surface area contributed by atoms with Gasteiger partial charge in [-0.1, -0.05) is 32.0 Å². The second kappa shape index (κ2) is 7.77. The van der Waals surface area contributed by atoms with E-state index in [9.17, 15) is 16.8 Å². The Kier molecular flexibility index (Phi) is 6.10. The molecule has 0 amide bonds. The third-order valence-electron chi connectivity index (χ3n) is 4.06. The largest absolute Gasteiger partial charge is 0.280 e. The van der Waals surface area contributed by atoms with Crippen molar-refractivity contribution in [3.8, 4) is 0 Å². The third kappa shape index (κ3) is 4.25. The first-order valence-corrected chi connectivity index (χ1v) is 11.2. The molecule has 26 heavy (non-hydrogen) atoms. The van der Waals surface area contributed by atoms with E-state index in [1.165, 1.54) is 28.6 Å². The van der Waals surface area contributed by atoms with E-state index in [2.05, 4.69) is 4.72 Å². The monoisotopic (exact) mass is 396 g/mol. The molecule has 0 unspecified atom stereocenters. The number of aryl methyl sites for hydroxylation is 2. The summed E-state index contributed by atoms with van der Waals surface area (Å²) in [6, 6.07) is 11.0. The van der Waals surface area contributed by atoms with Crippen LogP contribution in [0.2, 0.25) is 0 Å². The predicted molar refractivity (Wildman–Crippen MR) is 103 cm³/mol. The predicted octanol–water partition coefficient (Wildman–Crippen LogP) is 3.13. The van der Waals surface area contributed by atoms with Crippen LogP contribution in [0, 0.1) is 13.8 Å². The van der Waals surface area contributed by atoms with E-state index in [1.807, 2.05) is 13.0 Å². The molecule has 142 valence electrons. The van der Waals surface area contributed by atoms with Crippen molar-refractivity contribution in [3.63, 3.8) is 0 Å². The molecule has 0 aromatic heterocycles. The highest BCUT2D eigenvalue weighted by molar-refractivity contribution is 7.92. The second-order valence-corrected chi connectivity index (χ2v) is 9.58. The highest BCUT2D eigenvalue weighted by Crippen LogP contribution is 2.23. The van der Waals surface area contributed by atoms with Gasteiger partial charge in [0, 0.05) is 13.1 Å². The van der Waals surface area contributed by atoms with Crippen LogP contribution in [-0.4, -0.2) is 34.2 Å². The lowest BCUT2D eigenvalue weighted by molar-refractivity contribution is 0.445. The van der Waals surface area contributed by atoms with Crippen molar-refractivity contribution in [2.75, 3.05) is 17.8 Å². The average Bonchev–Trinajstić information content (AvgIpc) is 2.57. The topological polar surface area (TPSA) is 83.6 Å². The summed E-state index contributed by atoms with van der Waals surface area (Å²) in [7, 11) is -7.48. The smallest absolute Gasteiger partial charge is 0.262 e. The first-order valence-electron chi connectivity index (χ1n) is 8.32. The van der Waals surface area contributed by atoms with Crippen molar-refractivity contribution in [1.29, 1.82) is 0 Å². The number of sulfonamides is 2. The average molecular weight is 397 g/mol. The lowest BCUT2D eigenvalue weighted by atomic mass is 10.2. The van der Waals surface area contributed by atoms with Gasteiger partial charge >= 0.3 is 0 Å². The Balaban J connectivity index is 2.41. The third-order valence-corrected chi connectivity index (χ3v) is 7.63. The van der Waals surface area contributed by atoms with Crippen molar-refractivity contribution in [1.82, 2.24) is 4.31 Å². The fourth-order valence-corrected chi connectivity index (χ4v) is 5.52. The summed E-state index contributed by atoms with van der Waals surface area (Å²) in [4.78, 5) is 0.233. The van der Waals surface area contributed by atoms with Gasteiger partial charge in [0.05, 0.1) is 15.5 Å². The van der Waals surface area contributed by atoms with Gasteiger partial charge in [0.1, 0.15) is 0 Å². The minimum Gasteiger partial charge on any atom is -0.280 e. The minimum atomic E-state index is -3.82. The maximum atomic E-state index is 12.7. The fourth-order valence-electron chi connectivity index (χ4n) is 2.64. The zero-order valence-electron chi connectivity index (χ0n) is 15.4. The van der Waals surface area contributed by atoms with Gasteiger partial charge in [-0.25, -0.2) is 16.8 Å². The Morgan fingerprint density at radius 2 is 1.58 bits per heavy atom. The minimum absolute atomic E-state index is 0.0577. The standard InChI is InChI=1S/C18H24N2O4S2/c1-5-20(6-2)26(23,24)17-9-7-8-16(13-17)19-25(21,22)18-12-14(3)10-11-15(18)4/h7-13,19H,5-6H2,1-4H3. The molecule has 0 atom stereocenters. The number of rotatable bonds is 7. The van der Waals surface area contributed by atoms with Crippen LogP contribution in [0.25, 0.3) is 0 Å². The van der Waals surface area contributed by atoms with E-state index in [0.29, 0.717) is 18.7 Å². The maximum absolute atomic E-state index is 12.7. The second-order valence-electron chi connectivity index (χ2n) is 5.99.